The quantitative estimate of drug-likeness (QED) is 0.342. The lowest BCUT2D eigenvalue weighted by atomic mass is 10.2. The van der Waals surface area contributed by atoms with Crippen LogP contribution in [0, 0.1) is 6.92 Å². The number of carbonyl (C=O) groups is 2. The zero-order valence-electron chi connectivity index (χ0n) is 18.3. The molecule has 2 aromatic heterocycles. The highest BCUT2D eigenvalue weighted by molar-refractivity contribution is 7.17. The highest BCUT2D eigenvalue weighted by atomic mass is 32.1. The average Bonchev–Trinajstić information content (AvgIpc) is 3.17. The number of unbranched alkanes of at least 4 members (excludes halogenated alkanes) is 2. The van der Waals surface area contributed by atoms with E-state index in [1.165, 1.54) is 11.3 Å². The Kier molecular flexibility index (Phi) is 7.57. The molecule has 0 aliphatic rings. The Morgan fingerprint density at radius 3 is 2.61 bits per heavy atom. The number of amides is 1. The van der Waals surface area contributed by atoms with E-state index in [0.29, 0.717) is 33.5 Å². The molecule has 7 nitrogen and oxygen atoms in total. The van der Waals surface area contributed by atoms with E-state index in [1.807, 2.05) is 24.3 Å². The summed E-state index contributed by atoms with van der Waals surface area (Å²) in [5, 5.41) is 1.38. The van der Waals surface area contributed by atoms with E-state index in [4.69, 9.17) is 9.47 Å². The Morgan fingerprint density at radius 2 is 1.90 bits per heavy atom. The predicted octanol–water partition coefficient (Wildman–Crippen LogP) is 5.02. The predicted molar refractivity (Wildman–Crippen MR) is 122 cm³/mol. The highest BCUT2D eigenvalue weighted by Crippen LogP contribution is 2.29. The Morgan fingerprint density at radius 1 is 1.10 bits per heavy atom. The number of hydrogen-bond acceptors (Lipinski definition) is 7. The molecule has 3 aromatic rings. The van der Waals surface area contributed by atoms with Crippen LogP contribution < -0.4 is 9.64 Å². The van der Waals surface area contributed by atoms with Crippen LogP contribution in [0.2, 0.25) is 0 Å². The number of aryl methyl sites for hydroxylation is 1. The van der Waals surface area contributed by atoms with Gasteiger partial charge in [0.2, 0.25) is 0 Å². The highest BCUT2D eigenvalue weighted by Gasteiger charge is 2.25. The zero-order chi connectivity index (χ0) is 22.4. The van der Waals surface area contributed by atoms with E-state index >= 15 is 0 Å². The molecule has 0 aliphatic carbocycles. The van der Waals surface area contributed by atoms with Crippen molar-refractivity contribution in [3.8, 4) is 5.75 Å². The number of hydrogen-bond donors (Lipinski definition) is 0. The van der Waals surface area contributed by atoms with Crippen molar-refractivity contribution >= 4 is 39.2 Å². The van der Waals surface area contributed by atoms with Crippen molar-refractivity contribution in [2.24, 2.45) is 0 Å². The Balaban J connectivity index is 1.94. The maximum Gasteiger partial charge on any atom is 0.350 e. The molecule has 0 bridgehead atoms. The van der Waals surface area contributed by atoms with Crippen molar-refractivity contribution in [1.29, 1.82) is 0 Å². The van der Waals surface area contributed by atoms with Gasteiger partial charge in [-0.1, -0.05) is 37.2 Å². The average molecular weight is 442 g/mol. The van der Waals surface area contributed by atoms with Crippen LogP contribution in [-0.2, 0) is 4.74 Å². The van der Waals surface area contributed by atoms with E-state index in [0.717, 1.165) is 30.4 Å². The molecule has 0 saturated carbocycles. The van der Waals surface area contributed by atoms with E-state index < -0.39 is 5.97 Å². The van der Waals surface area contributed by atoms with Gasteiger partial charge in [0, 0.05) is 11.9 Å². The van der Waals surface area contributed by atoms with Crippen LogP contribution in [0.15, 0.2) is 30.3 Å². The number of aromatic nitrogens is 2. The molecule has 8 heteroatoms. The fraction of sp³-hybridized carbons (Fsp3) is 0.391. The molecule has 31 heavy (non-hydrogen) atoms. The van der Waals surface area contributed by atoms with Crippen molar-refractivity contribution in [1.82, 2.24) is 9.97 Å². The maximum absolute atomic E-state index is 13.4. The van der Waals surface area contributed by atoms with E-state index in [1.54, 1.807) is 31.9 Å². The first-order valence-corrected chi connectivity index (χ1v) is 11.2. The third kappa shape index (κ3) is 5.19. The van der Waals surface area contributed by atoms with Crippen LogP contribution in [0.1, 0.15) is 59.0 Å². The molecule has 0 spiro atoms. The van der Waals surface area contributed by atoms with Gasteiger partial charge in [-0.3, -0.25) is 9.69 Å². The van der Waals surface area contributed by atoms with Gasteiger partial charge in [0.1, 0.15) is 16.3 Å². The number of nitrogens with zero attached hydrogens (tertiary/aromatic N) is 3. The molecule has 0 unspecified atom stereocenters. The van der Waals surface area contributed by atoms with E-state index in [9.17, 15) is 9.59 Å². The van der Waals surface area contributed by atoms with Crippen molar-refractivity contribution in [2.75, 3.05) is 25.2 Å². The minimum Gasteiger partial charge on any atom is -0.497 e. The van der Waals surface area contributed by atoms with Gasteiger partial charge in [0.05, 0.1) is 24.9 Å². The number of ether oxygens (including phenoxy) is 2. The van der Waals surface area contributed by atoms with Crippen molar-refractivity contribution in [3.63, 3.8) is 0 Å². The maximum atomic E-state index is 13.4. The summed E-state index contributed by atoms with van der Waals surface area (Å²) in [6, 6.07) is 9.10. The molecule has 2 heterocycles. The van der Waals surface area contributed by atoms with Gasteiger partial charge in [-0.2, -0.15) is 0 Å². The second kappa shape index (κ2) is 10.3. The summed E-state index contributed by atoms with van der Waals surface area (Å²) in [6.45, 7) is 6.41. The number of anilines is 1. The number of thiazole rings is 1. The number of methoxy groups -OCH3 is 1. The molecular formula is C23H27N3O4S. The zero-order valence-corrected chi connectivity index (χ0v) is 19.1. The number of benzene rings is 1. The first-order valence-electron chi connectivity index (χ1n) is 10.4. The van der Waals surface area contributed by atoms with Gasteiger partial charge in [-0.25, -0.2) is 14.8 Å². The minimum atomic E-state index is -0.414. The van der Waals surface area contributed by atoms with Crippen molar-refractivity contribution in [2.45, 2.75) is 40.0 Å². The number of carbonyl (C=O) groups excluding carboxylic acids is 2. The fourth-order valence-corrected chi connectivity index (χ4v) is 4.16. The standard InChI is InChI=1S/C23H27N3O4S/c1-5-7-8-13-26(23-24-15(3)20(31-23)22(28)30-6-2)21(27)19-11-9-16-14-17(29-4)10-12-18(16)25-19/h9-12,14H,5-8,13H2,1-4H3. The van der Waals surface area contributed by atoms with Crippen LogP contribution in [0.3, 0.4) is 0 Å². The molecular weight excluding hydrogens is 414 g/mol. The fourth-order valence-electron chi connectivity index (χ4n) is 3.18. The summed E-state index contributed by atoms with van der Waals surface area (Å²) in [5.41, 5.74) is 1.60. The van der Waals surface area contributed by atoms with Crippen LogP contribution >= 0.6 is 11.3 Å². The summed E-state index contributed by atoms with van der Waals surface area (Å²) in [4.78, 5) is 36.7. The van der Waals surface area contributed by atoms with Crippen LogP contribution in [0.25, 0.3) is 10.9 Å². The first kappa shape index (κ1) is 22.7. The summed E-state index contributed by atoms with van der Waals surface area (Å²) >= 11 is 1.18. The van der Waals surface area contributed by atoms with Crippen LogP contribution in [0.5, 0.6) is 5.75 Å². The van der Waals surface area contributed by atoms with Crippen molar-refractivity contribution in [3.05, 3.63) is 46.6 Å². The molecule has 3 rings (SSSR count). The van der Waals surface area contributed by atoms with Gasteiger partial charge in [-0.05, 0) is 44.5 Å². The molecule has 1 aromatic carbocycles. The summed E-state index contributed by atoms with van der Waals surface area (Å²) < 4.78 is 10.4. The number of esters is 1. The topological polar surface area (TPSA) is 81.6 Å². The SMILES string of the molecule is CCCCCN(C(=O)c1ccc2cc(OC)ccc2n1)c1nc(C)c(C(=O)OCC)s1. The number of rotatable bonds is 9. The van der Waals surface area contributed by atoms with E-state index in [2.05, 4.69) is 16.9 Å². The summed E-state index contributed by atoms with van der Waals surface area (Å²) in [6.07, 6.45) is 2.85. The third-order valence-corrected chi connectivity index (χ3v) is 5.98. The van der Waals surface area contributed by atoms with Crippen molar-refractivity contribution < 1.29 is 19.1 Å². The summed E-state index contributed by atoms with van der Waals surface area (Å²) in [7, 11) is 1.61. The molecule has 0 fully saturated rings. The first-order chi connectivity index (χ1) is 15.0. The number of fused-ring (bicyclic) bond motifs is 1. The molecule has 0 aliphatic heterocycles. The lowest BCUT2D eigenvalue weighted by Gasteiger charge is -2.19. The smallest absolute Gasteiger partial charge is 0.350 e. The molecule has 1 amide bonds. The van der Waals surface area contributed by atoms with Gasteiger partial charge < -0.3 is 9.47 Å². The van der Waals surface area contributed by atoms with Gasteiger partial charge in [-0.15, -0.1) is 0 Å². The van der Waals surface area contributed by atoms with Crippen LogP contribution in [0.4, 0.5) is 5.13 Å². The van der Waals surface area contributed by atoms with Gasteiger partial charge in [0.25, 0.3) is 5.91 Å². The molecule has 164 valence electrons. The van der Waals surface area contributed by atoms with E-state index in [-0.39, 0.29) is 12.5 Å². The molecule has 0 saturated heterocycles. The Hall–Kier alpha value is -3.00. The summed E-state index contributed by atoms with van der Waals surface area (Å²) in [5.74, 6) is 0.0831. The largest absolute Gasteiger partial charge is 0.497 e. The monoisotopic (exact) mass is 441 g/mol. The molecule has 0 N–H and O–H groups in total. The molecule has 0 radical (unpaired) electrons. The van der Waals surface area contributed by atoms with Gasteiger partial charge in [0.15, 0.2) is 5.13 Å². The Bertz CT molecular complexity index is 1080. The minimum absolute atomic E-state index is 0.238. The van der Waals surface area contributed by atoms with Gasteiger partial charge >= 0.3 is 5.97 Å². The second-order valence-electron chi connectivity index (χ2n) is 7.05. The Labute approximate surface area is 186 Å². The lowest BCUT2D eigenvalue weighted by molar-refractivity contribution is 0.0531. The number of pyridine rings is 1. The van der Waals surface area contributed by atoms with Crippen LogP contribution in [-0.4, -0.2) is 42.1 Å². The normalized spacial score (nSPS) is 10.8. The molecule has 0 atom stereocenters. The third-order valence-electron chi connectivity index (χ3n) is 4.82. The lowest BCUT2D eigenvalue weighted by Crippen LogP contribution is -2.32. The second-order valence-corrected chi connectivity index (χ2v) is 8.03.